The molecule has 9 heteroatoms. The van der Waals surface area contributed by atoms with Crippen LogP contribution in [0.15, 0.2) is 29.3 Å². The van der Waals surface area contributed by atoms with Crippen LogP contribution in [0.5, 0.6) is 5.75 Å². The van der Waals surface area contributed by atoms with Gasteiger partial charge in [0, 0.05) is 44.5 Å². The van der Waals surface area contributed by atoms with Crippen molar-refractivity contribution in [2.45, 2.75) is 43.4 Å². The molecule has 0 radical (unpaired) electrons. The molecule has 0 aromatic heterocycles. The number of hydrogen-bond donors (Lipinski definition) is 2. The average molecular weight is 561 g/mol. The van der Waals surface area contributed by atoms with E-state index < -0.39 is 0 Å². The Balaban J connectivity index is 0.00000272. The van der Waals surface area contributed by atoms with Gasteiger partial charge in [0.2, 0.25) is 5.91 Å². The Hall–Kier alpha value is -1.20. The number of nitrogens with one attached hydrogen (secondary N) is 2. The van der Waals surface area contributed by atoms with E-state index in [0.29, 0.717) is 12.6 Å². The van der Waals surface area contributed by atoms with Crippen LogP contribution in [0, 0.1) is 0 Å². The predicted molar refractivity (Wildman–Crippen MR) is 136 cm³/mol. The molecule has 2 saturated heterocycles. The number of aliphatic imine (C=N–C) groups is 1. The zero-order valence-electron chi connectivity index (χ0n) is 18.3. The van der Waals surface area contributed by atoms with Gasteiger partial charge in [0.15, 0.2) is 5.96 Å². The van der Waals surface area contributed by atoms with Gasteiger partial charge in [-0.2, -0.15) is 11.8 Å². The Labute approximate surface area is 206 Å². The van der Waals surface area contributed by atoms with E-state index in [1.54, 1.807) is 19.0 Å². The Morgan fingerprint density at radius 2 is 2.10 bits per heavy atom. The standard InChI is InChI=1S/C22H32N4O3S.HI/c1-26(2)20(27)14-23-21(24-16-7-11-29-22(13-16)9-12-30-15-22)25-18-8-10-28-19-6-4-3-5-17(18)19;/h3-6,16,18H,7-15H2,1-2H3,(H2,23,24,25);1H. The first-order valence-corrected chi connectivity index (χ1v) is 11.9. The third-order valence-electron chi connectivity index (χ3n) is 6.04. The number of rotatable bonds is 4. The second-order valence-electron chi connectivity index (χ2n) is 8.49. The summed E-state index contributed by atoms with van der Waals surface area (Å²) in [4.78, 5) is 18.4. The highest BCUT2D eigenvalue weighted by Crippen LogP contribution is 2.38. The number of thioether (sulfide) groups is 1. The van der Waals surface area contributed by atoms with Crippen molar-refractivity contribution in [2.24, 2.45) is 4.99 Å². The second-order valence-corrected chi connectivity index (χ2v) is 9.60. The van der Waals surface area contributed by atoms with Crippen molar-refractivity contribution >= 4 is 47.6 Å². The zero-order chi connectivity index (χ0) is 21.0. The maximum Gasteiger partial charge on any atom is 0.243 e. The van der Waals surface area contributed by atoms with Crippen LogP contribution in [0.1, 0.15) is 37.3 Å². The van der Waals surface area contributed by atoms with Gasteiger partial charge in [0.1, 0.15) is 12.3 Å². The molecule has 172 valence electrons. The third kappa shape index (κ3) is 6.19. The van der Waals surface area contributed by atoms with Gasteiger partial charge >= 0.3 is 0 Å². The van der Waals surface area contributed by atoms with E-state index in [1.165, 1.54) is 5.75 Å². The lowest BCUT2D eigenvalue weighted by Crippen LogP contribution is -2.52. The van der Waals surface area contributed by atoms with Gasteiger partial charge in [-0.3, -0.25) is 4.79 Å². The molecule has 1 aromatic rings. The van der Waals surface area contributed by atoms with E-state index in [2.05, 4.69) is 21.7 Å². The Morgan fingerprint density at radius 1 is 1.26 bits per heavy atom. The summed E-state index contributed by atoms with van der Waals surface area (Å²) in [5, 5.41) is 7.19. The molecule has 2 fully saturated rings. The number of amides is 1. The van der Waals surface area contributed by atoms with Crippen LogP contribution in [0.25, 0.3) is 0 Å². The number of para-hydroxylation sites is 1. The normalized spacial score (nSPS) is 27.6. The number of carbonyl (C=O) groups is 1. The molecular formula is C22H33IN4O3S. The number of hydrogen-bond acceptors (Lipinski definition) is 5. The monoisotopic (exact) mass is 560 g/mol. The first-order valence-electron chi connectivity index (χ1n) is 10.8. The summed E-state index contributed by atoms with van der Waals surface area (Å²) in [6, 6.07) is 8.50. The number of likely N-dealkylation sites (N-methyl/N-ethyl adjacent to an activating group) is 1. The van der Waals surface area contributed by atoms with E-state index in [-0.39, 0.29) is 54.1 Å². The number of carbonyl (C=O) groups excluding carboxylic acids is 1. The molecule has 1 aromatic carbocycles. The highest BCUT2D eigenvalue weighted by atomic mass is 127. The smallest absolute Gasteiger partial charge is 0.243 e. The summed E-state index contributed by atoms with van der Waals surface area (Å²) in [6.07, 6.45) is 3.89. The van der Waals surface area contributed by atoms with Crippen LogP contribution >= 0.6 is 35.7 Å². The third-order valence-corrected chi connectivity index (χ3v) is 7.26. The molecule has 3 heterocycles. The molecule has 7 nitrogen and oxygen atoms in total. The van der Waals surface area contributed by atoms with Crippen molar-refractivity contribution in [2.75, 3.05) is 45.4 Å². The molecule has 31 heavy (non-hydrogen) atoms. The number of benzene rings is 1. The minimum Gasteiger partial charge on any atom is -0.493 e. The molecule has 2 N–H and O–H groups in total. The van der Waals surface area contributed by atoms with Crippen LogP contribution in [-0.2, 0) is 9.53 Å². The van der Waals surface area contributed by atoms with Crippen molar-refractivity contribution in [3.05, 3.63) is 29.8 Å². The molecule has 3 unspecified atom stereocenters. The Kier molecular flexibility index (Phi) is 8.74. The quantitative estimate of drug-likeness (QED) is 0.335. The lowest BCUT2D eigenvalue weighted by Gasteiger charge is -2.39. The fraction of sp³-hybridized carbons (Fsp3) is 0.636. The minimum atomic E-state index is -0.0147. The summed E-state index contributed by atoms with van der Waals surface area (Å²) in [6.45, 7) is 1.55. The van der Waals surface area contributed by atoms with E-state index in [1.807, 2.05) is 30.0 Å². The van der Waals surface area contributed by atoms with E-state index in [4.69, 9.17) is 9.47 Å². The van der Waals surface area contributed by atoms with Gasteiger partial charge in [-0.05, 0) is 31.1 Å². The van der Waals surface area contributed by atoms with E-state index >= 15 is 0 Å². The molecule has 0 saturated carbocycles. The van der Waals surface area contributed by atoms with Crippen LogP contribution in [0.3, 0.4) is 0 Å². The molecular weight excluding hydrogens is 527 g/mol. The first kappa shape index (κ1) is 24.4. The summed E-state index contributed by atoms with van der Waals surface area (Å²) >= 11 is 1.98. The first-order chi connectivity index (χ1) is 14.5. The molecule has 0 bridgehead atoms. The van der Waals surface area contributed by atoms with Crippen molar-refractivity contribution < 1.29 is 14.3 Å². The fourth-order valence-electron chi connectivity index (χ4n) is 4.29. The van der Waals surface area contributed by atoms with Crippen molar-refractivity contribution in [3.8, 4) is 5.75 Å². The molecule has 3 aliphatic rings. The van der Waals surface area contributed by atoms with Gasteiger partial charge in [0.25, 0.3) is 0 Å². The van der Waals surface area contributed by atoms with Gasteiger partial charge in [-0.25, -0.2) is 4.99 Å². The highest BCUT2D eigenvalue weighted by molar-refractivity contribution is 14.0. The number of guanidine groups is 1. The number of fused-ring (bicyclic) bond motifs is 1. The molecule has 1 spiro atoms. The summed E-state index contributed by atoms with van der Waals surface area (Å²) in [5.41, 5.74) is 1.13. The lowest BCUT2D eigenvalue weighted by atomic mass is 9.90. The van der Waals surface area contributed by atoms with Crippen LogP contribution in [0.4, 0.5) is 0 Å². The second kappa shape index (κ2) is 11.1. The lowest BCUT2D eigenvalue weighted by molar-refractivity contribution is -0.127. The van der Waals surface area contributed by atoms with E-state index in [0.717, 1.165) is 49.4 Å². The maximum absolute atomic E-state index is 12.2. The minimum absolute atomic E-state index is 0. The molecule has 0 aliphatic carbocycles. The maximum atomic E-state index is 12.2. The zero-order valence-corrected chi connectivity index (χ0v) is 21.4. The number of nitrogens with zero attached hydrogens (tertiary/aromatic N) is 2. The van der Waals surface area contributed by atoms with Crippen LogP contribution in [0.2, 0.25) is 0 Å². The van der Waals surface area contributed by atoms with E-state index in [9.17, 15) is 4.79 Å². The van der Waals surface area contributed by atoms with Crippen molar-refractivity contribution in [1.82, 2.24) is 15.5 Å². The molecule has 3 atom stereocenters. The highest BCUT2D eigenvalue weighted by Gasteiger charge is 2.40. The Bertz CT molecular complexity index is 786. The topological polar surface area (TPSA) is 75.2 Å². The Morgan fingerprint density at radius 3 is 2.87 bits per heavy atom. The molecule has 4 rings (SSSR count). The van der Waals surface area contributed by atoms with Gasteiger partial charge < -0.3 is 25.0 Å². The summed E-state index contributed by atoms with van der Waals surface area (Å²) in [7, 11) is 3.51. The summed E-state index contributed by atoms with van der Waals surface area (Å²) < 4.78 is 12.0. The average Bonchev–Trinajstić information content (AvgIpc) is 3.19. The summed E-state index contributed by atoms with van der Waals surface area (Å²) in [5.74, 6) is 3.83. The number of halogens is 1. The van der Waals surface area contributed by atoms with Gasteiger partial charge in [-0.15, -0.1) is 24.0 Å². The van der Waals surface area contributed by atoms with Crippen LogP contribution < -0.4 is 15.4 Å². The molecule has 3 aliphatic heterocycles. The van der Waals surface area contributed by atoms with Crippen molar-refractivity contribution in [3.63, 3.8) is 0 Å². The van der Waals surface area contributed by atoms with Gasteiger partial charge in [-0.1, -0.05) is 18.2 Å². The number of ether oxygens (including phenoxy) is 2. The van der Waals surface area contributed by atoms with Crippen LogP contribution in [-0.4, -0.2) is 73.8 Å². The molecule has 1 amide bonds. The van der Waals surface area contributed by atoms with Gasteiger partial charge in [0.05, 0.1) is 18.2 Å². The SMILES string of the molecule is CN(C)C(=O)CN=C(NC1CCOC2(CCSC2)C1)NC1CCOc2ccccc21.I. The predicted octanol–water partition coefficient (Wildman–Crippen LogP) is 2.81. The largest absolute Gasteiger partial charge is 0.493 e. The fourth-order valence-corrected chi connectivity index (χ4v) is 5.66. The van der Waals surface area contributed by atoms with Crippen molar-refractivity contribution in [1.29, 1.82) is 0 Å².